The van der Waals surface area contributed by atoms with E-state index < -0.39 is 10.0 Å². The highest BCUT2D eigenvalue weighted by atomic mass is 35.5. The molecule has 90 valence electrons. The van der Waals surface area contributed by atoms with Gasteiger partial charge in [-0.25, -0.2) is 12.7 Å². The highest BCUT2D eigenvalue weighted by Crippen LogP contribution is 2.29. The number of halogens is 1. The van der Waals surface area contributed by atoms with E-state index in [-0.39, 0.29) is 17.7 Å². The lowest BCUT2D eigenvalue weighted by Crippen LogP contribution is -2.36. The van der Waals surface area contributed by atoms with Crippen molar-refractivity contribution in [2.75, 3.05) is 26.2 Å². The first kappa shape index (κ1) is 13.2. The quantitative estimate of drug-likeness (QED) is 0.771. The summed E-state index contributed by atoms with van der Waals surface area (Å²) in [6, 6.07) is 0. The van der Waals surface area contributed by atoms with Crippen LogP contribution in [0, 0.1) is 11.8 Å². The molecule has 0 spiro atoms. The molecule has 2 aliphatic rings. The first-order valence-corrected chi connectivity index (χ1v) is 6.72. The predicted molar refractivity (Wildman–Crippen MR) is 62.7 cm³/mol. The van der Waals surface area contributed by atoms with Crippen LogP contribution in [0.4, 0.5) is 0 Å². The van der Waals surface area contributed by atoms with Crippen LogP contribution in [-0.4, -0.2) is 44.2 Å². The fourth-order valence-electron chi connectivity index (χ4n) is 2.32. The lowest BCUT2D eigenvalue weighted by Gasteiger charge is -2.19. The van der Waals surface area contributed by atoms with Crippen LogP contribution in [0.5, 0.6) is 0 Å². The molecule has 1 N–H and O–H groups in total. The SMILES string of the molecule is CC(C)S(=O)(=O)N1CC2CNCC2C1.Cl. The zero-order valence-electron chi connectivity index (χ0n) is 9.14. The average Bonchev–Trinajstić information content (AvgIpc) is 2.60. The van der Waals surface area contributed by atoms with E-state index in [1.54, 1.807) is 18.2 Å². The molecule has 2 rings (SSSR count). The van der Waals surface area contributed by atoms with E-state index in [2.05, 4.69) is 5.32 Å². The Morgan fingerprint density at radius 1 is 1.20 bits per heavy atom. The number of fused-ring (bicyclic) bond motifs is 1. The van der Waals surface area contributed by atoms with Crippen molar-refractivity contribution in [2.45, 2.75) is 19.1 Å². The third-order valence-corrected chi connectivity index (χ3v) is 5.52. The standard InChI is InChI=1S/C9H18N2O2S.ClH/c1-7(2)14(12,13)11-5-8-3-10-4-9(8)6-11;/h7-10H,3-6H2,1-2H3;1H. The predicted octanol–water partition coefficient (Wildman–Crippen LogP) is 0.298. The highest BCUT2D eigenvalue weighted by molar-refractivity contribution is 7.89. The number of hydrogen-bond acceptors (Lipinski definition) is 3. The number of hydrogen-bond donors (Lipinski definition) is 1. The zero-order valence-corrected chi connectivity index (χ0v) is 10.8. The zero-order chi connectivity index (χ0) is 10.3. The van der Waals surface area contributed by atoms with Gasteiger partial charge < -0.3 is 5.32 Å². The summed E-state index contributed by atoms with van der Waals surface area (Å²) >= 11 is 0. The van der Waals surface area contributed by atoms with E-state index in [0.29, 0.717) is 11.8 Å². The van der Waals surface area contributed by atoms with Crippen molar-refractivity contribution in [3.8, 4) is 0 Å². The van der Waals surface area contributed by atoms with E-state index in [4.69, 9.17) is 0 Å². The molecular weight excluding hydrogens is 236 g/mol. The van der Waals surface area contributed by atoms with Crippen LogP contribution in [0.3, 0.4) is 0 Å². The fraction of sp³-hybridized carbons (Fsp3) is 1.00. The fourth-order valence-corrected chi connectivity index (χ4v) is 3.71. The van der Waals surface area contributed by atoms with Crippen LogP contribution >= 0.6 is 12.4 Å². The Balaban J connectivity index is 0.00000112. The second-order valence-corrected chi connectivity index (χ2v) is 7.08. The van der Waals surface area contributed by atoms with Gasteiger partial charge in [0.25, 0.3) is 0 Å². The second kappa shape index (κ2) is 4.57. The number of nitrogens with one attached hydrogen (secondary N) is 1. The van der Waals surface area contributed by atoms with E-state index >= 15 is 0 Å². The molecule has 2 unspecified atom stereocenters. The van der Waals surface area contributed by atoms with Gasteiger partial charge in [0.15, 0.2) is 0 Å². The first-order chi connectivity index (χ1) is 6.51. The molecule has 6 heteroatoms. The second-order valence-electron chi connectivity index (χ2n) is 4.59. The Morgan fingerprint density at radius 2 is 1.67 bits per heavy atom. The molecule has 15 heavy (non-hydrogen) atoms. The summed E-state index contributed by atoms with van der Waals surface area (Å²) < 4.78 is 25.4. The molecule has 4 nitrogen and oxygen atoms in total. The molecule has 2 heterocycles. The molecule has 2 saturated heterocycles. The van der Waals surface area contributed by atoms with Gasteiger partial charge in [0.1, 0.15) is 0 Å². The lowest BCUT2D eigenvalue weighted by molar-refractivity contribution is 0.442. The Labute approximate surface area is 97.9 Å². The molecule has 0 aliphatic carbocycles. The van der Waals surface area contributed by atoms with Crippen LogP contribution in [0.2, 0.25) is 0 Å². The summed E-state index contributed by atoms with van der Waals surface area (Å²) in [6.45, 7) is 6.91. The maximum Gasteiger partial charge on any atom is 0.216 e. The largest absolute Gasteiger partial charge is 0.316 e. The van der Waals surface area contributed by atoms with Crippen molar-refractivity contribution in [3.63, 3.8) is 0 Å². The summed E-state index contributed by atoms with van der Waals surface area (Å²) in [5.74, 6) is 1.09. The molecule has 2 fully saturated rings. The van der Waals surface area contributed by atoms with Crippen LogP contribution in [0.25, 0.3) is 0 Å². The van der Waals surface area contributed by atoms with Crippen LogP contribution in [0.1, 0.15) is 13.8 Å². The molecule has 0 saturated carbocycles. The van der Waals surface area contributed by atoms with Crippen LogP contribution in [0.15, 0.2) is 0 Å². The van der Waals surface area contributed by atoms with Crippen molar-refractivity contribution in [2.24, 2.45) is 11.8 Å². The van der Waals surface area contributed by atoms with Gasteiger partial charge >= 0.3 is 0 Å². The smallest absolute Gasteiger partial charge is 0.216 e. The Morgan fingerprint density at radius 3 is 2.07 bits per heavy atom. The van der Waals surface area contributed by atoms with Crippen molar-refractivity contribution in [1.29, 1.82) is 0 Å². The van der Waals surface area contributed by atoms with Crippen molar-refractivity contribution >= 4 is 22.4 Å². The van der Waals surface area contributed by atoms with Gasteiger partial charge in [0.2, 0.25) is 10.0 Å². The van der Waals surface area contributed by atoms with Gasteiger partial charge in [-0.3, -0.25) is 0 Å². The summed E-state index contributed by atoms with van der Waals surface area (Å²) in [7, 11) is -3.01. The van der Waals surface area contributed by atoms with Crippen LogP contribution < -0.4 is 5.32 Å². The Hall–Kier alpha value is 0.160. The summed E-state index contributed by atoms with van der Waals surface area (Å²) in [6.07, 6.45) is 0. The number of rotatable bonds is 2. The first-order valence-electron chi connectivity index (χ1n) is 5.21. The van der Waals surface area contributed by atoms with E-state index in [1.807, 2.05) is 0 Å². The molecule has 2 aliphatic heterocycles. The van der Waals surface area contributed by atoms with Gasteiger partial charge in [0, 0.05) is 13.1 Å². The van der Waals surface area contributed by atoms with E-state index in [0.717, 1.165) is 26.2 Å². The Bertz CT molecular complexity index is 306. The van der Waals surface area contributed by atoms with E-state index in [1.165, 1.54) is 0 Å². The van der Waals surface area contributed by atoms with Crippen molar-refractivity contribution < 1.29 is 8.42 Å². The van der Waals surface area contributed by atoms with E-state index in [9.17, 15) is 8.42 Å². The van der Waals surface area contributed by atoms with Crippen LogP contribution in [-0.2, 0) is 10.0 Å². The minimum atomic E-state index is -3.01. The molecule has 0 radical (unpaired) electrons. The van der Waals surface area contributed by atoms with Gasteiger partial charge in [-0.05, 0) is 38.8 Å². The van der Waals surface area contributed by atoms with Gasteiger partial charge in [-0.1, -0.05) is 0 Å². The molecular formula is C9H19ClN2O2S. The third-order valence-electron chi connectivity index (χ3n) is 3.31. The minimum absolute atomic E-state index is 0. The maximum atomic E-state index is 11.9. The molecule has 0 bridgehead atoms. The highest BCUT2D eigenvalue weighted by Gasteiger charge is 2.41. The normalized spacial score (nSPS) is 31.7. The minimum Gasteiger partial charge on any atom is -0.316 e. The van der Waals surface area contributed by atoms with Crippen molar-refractivity contribution in [1.82, 2.24) is 9.62 Å². The topological polar surface area (TPSA) is 49.4 Å². The maximum absolute atomic E-state index is 11.9. The number of sulfonamides is 1. The molecule has 0 amide bonds. The average molecular weight is 255 g/mol. The van der Waals surface area contributed by atoms with Gasteiger partial charge in [0.05, 0.1) is 5.25 Å². The summed E-state index contributed by atoms with van der Waals surface area (Å²) in [5, 5.41) is 3.02. The monoisotopic (exact) mass is 254 g/mol. The lowest BCUT2D eigenvalue weighted by atomic mass is 10.0. The molecule has 0 aromatic carbocycles. The molecule has 0 aromatic rings. The van der Waals surface area contributed by atoms with Gasteiger partial charge in [-0.15, -0.1) is 12.4 Å². The third kappa shape index (κ3) is 2.30. The molecule has 2 atom stereocenters. The Kier molecular flexibility index (Phi) is 4.03. The van der Waals surface area contributed by atoms with Crippen molar-refractivity contribution in [3.05, 3.63) is 0 Å². The summed E-state index contributed by atoms with van der Waals surface area (Å²) in [4.78, 5) is 0. The van der Waals surface area contributed by atoms with Gasteiger partial charge in [-0.2, -0.15) is 0 Å². The molecule has 0 aromatic heterocycles. The summed E-state index contributed by atoms with van der Waals surface area (Å²) in [5.41, 5.74) is 0. The number of nitrogens with zero attached hydrogens (tertiary/aromatic N) is 1.